The van der Waals surface area contributed by atoms with Gasteiger partial charge in [-0.15, -0.1) is 0 Å². The molecule has 0 aromatic rings. The number of likely N-dealkylation sites (tertiary alicyclic amines) is 1. The number of rotatable bonds is 5. The predicted octanol–water partition coefficient (Wildman–Crippen LogP) is 1.00. The van der Waals surface area contributed by atoms with Crippen molar-refractivity contribution in [3.8, 4) is 0 Å². The Morgan fingerprint density at radius 3 is 2.35 bits per heavy atom. The highest BCUT2D eigenvalue weighted by atomic mass is 16.4. The van der Waals surface area contributed by atoms with E-state index in [1.165, 1.54) is 11.8 Å². The molecule has 2 N–H and O–H groups in total. The van der Waals surface area contributed by atoms with E-state index in [0.29, 0.717) is 19.3 Å². The maximum Gasteiger partial charge on any atom is 0.326 e. The monoisotopic (exact) mass is 284 g/mol. The van der Waals surface area contributed by atoms with E-state index in [-0.39, 0.29) is 23.8 Å². The van der Waals surface area contributed by atoms with Crippen molar-refractivity contribution < 1.29 is 19.5 Å². The number of aliphatic carboxylic acids is 1. The maximum absolute atomic E-state index is 12.6. The molecular weight excluding hydrogens is 260 g/mol. The summed E-state index contributed by atoms with van der Waals surface area (Å²) in [7, 11) is 0. The number of nitrogens with zero attached hydrogens (tertiary/aromatic N) is 1. The molecule has 0 spiro atoms. The number of amides is 2. The molecule has 6 heteroatoms. The molecule has 0 radical (unpaired) electrons. The average Bonchev–Trinajstić information content (AvgIpc) is 2.68. The second-order valence-corrected chi connectivity index (χ2v) is 5.91. The summed E-state index contributed by atoms with van der Waals surface area (Å²) < 4.78 is 0. The summed E-state index contributed by atoms with van der Waals surface area (Å²) in [6, 6.07) is -1.53. The normalized spacial score (nSPS) is 23.8. The van der Waals surface area contributed by atoms with E-state index in [9.17, 15) is 19.5 Å². The highest BCUT2D eigenvalue weighted by Gasteiger charge is 2.41. The van der Waals surface area contributed by atoms with Crippen LogP contribution >= 0.6 is 0 Å². The topological polar surface area (TPSA) is 86.7 Å². The summed E-state index contributed by atoms with van der Waals surface area (Å²) in [4.78, 5) is 36.5. The molecule has 6 nitrogen and oxygen atoms in total. The second-order valence-electron chi connectivity index (χ2n) is 5.91. The van der Waals surface area contributed by atoms with Gasteiger partial charge in [0.1, 0.15) is 12.1 Å². The van der Waals surface area contributed by atoms with Gasteiger partial charge in [0.05, 0.1) is 0 Å². The molecule has 0 saturated carbocycles. The van der Waals surface area contributed by atoms with Crippen molar-refractivity contribution in [2.24, 2.45) is 5.92 Å². The highest BCUT2D eigenvalue weighted by molar-refractivity contribution is 5.90. The highest BCUT2D eigenvalue weighted by Crippen LogP contribution is 2.26. The molecule has 0 aromatic heterocycles. The van der Waals surface area contributed by atoms with Crippen LogP contribution in [-0.2, 0) is 14.4 Å². The first kappa shape index (κ1) is 16.5. The Morgan fingerprint density at radius 1 is 1.30 bits per heavy atom. The van der Waals surface area contributed by atoms with Gasteiger partial charge in [-0.2, -0.15) is 0 Å². The lowest BCUT2D eigenvalue weighted by Crippen LogP contribution is -2.53. The van der Waals surface area contributed by atoms with Crippen molar-refractivity contribution in [1.82, 2.24) is 10.2 Å². The van der Waals surface area contributed by atoms with E-state index in [4.69, 9.17) is 0 Å². The minimum Gasteiger partial charge on any atom is -0.480 e. The van der Waals surface area contributed by atoms with Crippen LogP contribution in [0.2, 0.25) is 0 Å². The van der Waals surface area contributed by atoms with Gasteiger partial charge in [0.25, 0.3) is 0 Å². The molecule has 3 atom stereocenters. The minimum absolute atomic E-state index is 0.105. The number of carboxylic acid groups (broad SMARTS) is 1. The fourth-order valence-electron chi connectivity index (χ4n) is 2.72. The molecule has 0 aliphatic carbocycles. The van der Waals surface area contributed by atoms with Crippen molar-refractivity contribution in [3.63, 3.8) is 0 Å². The third-order valence-corrected chi connectivity index (χ3v) is 3.59. The molecule has 114 valence electrons. The summed E-state index contributed by atoms with van der Waals surface area (Å²) in [5, 5.41) is 11.9. The van der Waals surface area contributed by atoms with E-state index in [2.05, 4.69) is 5.32 Å². The van der Waals surface area contributed by atoms with Gasteiger partial charge in [-0.3, -0.25) is 9.59 Å². The van der Waals surface area contributed by atoms with Gasteiger partial charge < -0.3 is 15.3 Å². The molecule has 1 aliphatic rings. The number of carboxylic acids is 1. The third kappa shape index (κ3) is 3.95. The molecule has 1 fully saturated rings. The molecule has 1 aliphatic heterocycles. The summed E-state index contributed by atoms with van der Waals surface area (Å²) >= 11 is 0. The van der Waals surface area contributed by atoms with Crippen LogP contribution in [0.1, 0.15) is 47.0 Å². The number of carbonyl (C=O) groups is 3. The summed E-state index contributed by atoms with van der Waals surface area (Å²) in [5.74, 6) is -1.31. The number of nitrogens with one attached hydrogen (secondary N) is 1. The summed E-state index contributed by atoms with van der Waals surface area (Å²) in [6.45, 7) is 7.14. The van der Waals surface area contributed by atoms with E-state index < -0.39 is 18.1 Å². The van der Waals surface area contributed by atoms with Gasteiger partial charge >= 0.3 is 5.97 Å². The fraction of sp³-hybridized carbons (Fsp3) is 0.786. The first-order valence-electron chi connectivity index (χ1n) is 7.06. The van der Waals surface area contributed by atoms with Gasteiger partial charge in [-0.1, -0.05) is 13.8 Å². The van der Waals surface area contributed by atoms with Crippen LogP contribution in [0.5, 0.6) is 0 Å². The lowest BCUT2D eigenvalue weighted by Gasteiger charge is -2.31. The van der Waals surface area contributed by atoms with Crippen LogP contribution < -0.4 is 5.32 Å². The first-order valence-corrected chi connectivity index (χ1v) is 7.06. The number of hydrogen-bond acceptors (Lipinski definition) is 3. The van der Waals surface area contributed by atoms with E-state index in [0.717, 1.165) is 0 Å². The van der Waals surface area contributed by atoms with Gasteiger partial charge in [-0.25, -0.2) is 4.79 Å². The van der Waals surface area contributed by atoms with Crippen molar-refractivity contribution in [1.29, 1.82) is 0 Å². The molecule has 1 unspecified atom stereocenters. The van der Waals surface area contributed by atoms with E-state index in [1.54, 1.807) is 0 Å². The molecule has 0 bridgehead atoms. The zero-order valence-corrected chi connectivity index (χ0v) is 12.5. The largest absolute Gasteiger partial charge is 0.480 e. The van der Waals surface area contributed by atoms with Crippen LogP contribution in [0.4, 0.5) is 0 Å². The lowest BCUT2D eigenvalue weighted by molar-refractivity contribution is -0.150. The summed E-state index contributed by atoms with van der Waals surface area (Å²) in [5.41, 5.74) is 0. The van der Waals surface area contributed by atoms with Crippen LogP contribution in [-0.4, -0.2) is 45.9 Å². The summed E-state index contributed by atoms with van der Waals surface area (Å²) in [6.07, 6.45) is 1.65. The van der Waals surface area contributed by atoms with Crippen LogP contribution in [0.25, 0.3) is 0 Å². The van der Waals surface area contributed by atoms with Gasteiger partial charge in [0.15, 0.2) is 0 Å². The second kappa shape index (κ2) is 6.72. The zero-order chi connectivity index (χ0) is 15.4. The average molecular weight is 284 g/mol. The minimum atomic E-state index is -0.978. The zero-order valence-electron chi connectivity index (χ0n) is 12.5. The molecule has 20 heavy (non-hydrogen) atoms. The number of carbonyl (C=O) groups excluding carboxylic acids is 2. The Balaban J connectivity index is 2.91. The molecule has 0 aromatic carbocycles. The third-order valence-electron chi connectivity index (χ3n) is 3.59. The van der Waals surface area contributed by atoms with Crippen molar-refractivity contribution in [3.05, 3.63) is 0 Å². The van der Waals surface area contributed by atoms with Gasteiger partial charge in [0, 0.05) is 13.0 Å². The molecule has 2 amide bonds. The van der Waals surface area contributed by atoms with E-state index >= 15 is 0 Å². The first-order chi connectivity index (χ1) is 9.23. The Kier molecular flexibility index (Phi) is 5.53. The molecule has 1 heterocycles. The Morgan fingerprint density at radius 2 is 1.90 bits per heavy atom. The predicted molar refractivity (Wildman–Crippen MR) is 74.0 cm³/mol. The standard InChI is InChI=1S/C14H24N2O4/c1-8(2)7-11(15-10(4)17)13(18)16-9(3)5-6-12(16)14(19)20/h8-9,11-12H,5-7H2,1-4H3,(H,15,17)(H,19,20)/t9-,11?,12-/m0/s1. The fourth-order valence-corrected chi connectivity index (χ4v) is 2.72. The Labute approximate surface area is 119 Å². The lowest BCUT2D eigenvalue weighted by atomic mass is 10.0. The van der Waals surface area contributed by atoms with Crippen LogP contribution in [0.15, 0.2) is 0 Å². The Bertz CT molecular complexity index is 395. The van der Waals surface area contributed by atoms with Crippen molar-refractivity contribution in [2.75, 3.05) is 0 Å². The van der Waals surface area contributed by atoms with Crippen molar-refractivity contribution in [2.45, 2.75) is 65.1 Å². The molecular formula is C14H24N2O4. The van der Waals surface area contributed by atoms with Crippen LogP contribution in [0, 0.1) is 5.92 Å². The van der Waals surface area contributed by atoms with Crippen LogP contribution in [0.3, 0.4) is 0 Å². The maximum atomic E-state index is 12.6. The van der Waals surface area contributed by atoms with Gasteiger partial charge in [0.2, 0.25) is 11.8 Å². The van der Waals surface area contributed by atoms with Gasteiger partial charge in [-0.05, 0) is 32.1 Å². The quantitative estimate of drug-likeness (QED) is 0.788. The van der Waals surface area contributed by atoms with Crippen molar-refractivity contribution >= 4 is 17.8 Å². The molecule has 1 rings (SSSR count). The SMILES string of the molecule is CC(=O)NC(CC(C)C)C(=O)N1[C@@H](C)CC[C@H]1C(=O)O. The Hall–Kier alpha value is -1.59. The number of hydrogen-bond donors (Lipinski definition) is 2. The van der Waals surface area contributed by atoms with E-state index in [1.807, 2.05) is 20.8 Å². The smallest absolute Gasteiger partial charge is 0.326 e. The molecule has 1 saturated heterocycles.